The van der Waals surface area contributed by atoms with Gasteiger partial charge in [-0.3, -0.25) is 0 Å². The van der Waals surface area contributed by atoms with Gasteiger partial charge in [0, 0.05) is 21.1 Å². The monoisotopic (exact) mass is 400 g/mol. The summed E-state index contributed by atoms with van der Waals surface area (Å²) in [5.41, 5.74) is 11.8. The second-order valence-corrected chi connectivity index (χ2v) is 7.66. The third kappa shape index (κ3) is 3.25. The summed E-state index contributed by atoms with van der Waals surface area (Å²) < 4.78 is 3.21. The number of imidazole rings is 1. The number of benzene rings is 2. The third-order valence-corrected chi connectivity index (χ3v) is 4.41. The summed E-state index contributed by atoms with van der Waals surface area (Å²) in [5, 5.41) is 3.92. The van der Waals surface area contributed by atoms with Crippen LogP contribution in [0.15, 0.2) is 52.0 Å². The molecule has 1 aromatic heterocycles. The van der Waals surface area contributed by atoms with Crippen LogP contribution in [-0.4, -0.2) is 15.4 Å². The molecular weight excluding hydrogens is 380 g/mol. The van der Waals surface area contributed by atoms with Gasteiger partial charge >= 0.3 is 0 Å². The first-order chi connectivity index (χ1) is 11.8. The molecule has 0 aliphatic carbocycles. The molecular formula is C18H21BrN6. The minimum atomic E-state index is -0.164. The average Bonchev–Trinajstić information content (AvgIpc) is 2.93. The number of fused-ring (bicyclic) bond motifs is 1. The Bertz CT molecular complexity index is 952. The fraction of sp³-hybridized carbons (Fsp3) is 0.222. The zero-order chi connectivity index (χ0) is 18.2. The van der Waals surface area contributed by atoms with E-state index in [2.05, 4.69) is 58.0 Å². The second-order valence-electron chi connectivity index (χ2n) is 6.75. The van der Waals surface area contributed by atoms with Crippen molar-refractivity contribution in [1.82, 2.24) is 15.1 Å². The first kappa shape index (κ1) is 17.4. The van der Waals surface area contributed by atoms with Crippen molar-refractivity contribution >= 4 is 32.8 Å². The van der Waals surface area contributed by atoms with Crippen LogP contribution in [0.25, 0.3) is 22.4 Å². The maximum atomic E-state index is 6.08. The van der Waals surface area contributed by atoms with E-state index in [4.69, 9.17) is 16.6 Å². The van der Waals surface area contributed by atoms with Gasteiger partial charge in [0.15, 0.2) is 5.84 Å². The Kier molecular flexibility index (Phi) is 4.53. The number of hydrazone groups is 1. The van der Waals surface area contributed by atoms with Crippen LogP contribution in [0.5, 0.6) is 0 Å². The van der Waals surface area contributed by atoms with Crippen molar-refractivity contribution in [3.63, 3.8) is 0 Å². The SMILES string of the molecule is CC(C)(C)n1c(-c2ccccc2/C(N)=N/NN)nc2cc(Br)ccc21. The van der Waals surface area contributed by atoms with Crippen molar-refractivity contribution in [2.75, 3.05) is 0 Å². The van der Waals surface area contributed by atoms with Gasteiger partial charge in [-0.1, -0.05) is 40.2 Å². The van der Waals surface area contributed by atoms with Crippen LogP contribution in [-0.2, 0) is 5.54 Å². The zero-order valence-corrected chi connectivity index (χ0v) is 16.0. The van der Waals surface area contributed by atoms with Gasteiger partial charge in [0.1, 0.15) is 5.82 Å². The van der Waals surface area contributed by atoms with E-state index in [0.29, 0.717) is 5.84 Å². The Morgan fingerprint density at radius 2 is 1.92 bits per heavy atom. The lowest BCUT2D eigenvalue weighted by Gasteiger charge is -2.25. The number of hydrogen-bond acceptors (Lipinski definition) is 4. The topological polar surface area (TPSA) is 94.2 Å². The molecule has 6 nitrogen and oxygen atoms in total. The highest BCUT2D eigenvalue weighted by Crippen LogP contribution is 2.33. The molecule has 0 saturated carbocycles. The summed E-state index contributed by atoms with van der Waals surface area (Å²) in [6.45, 7) is 6.46. The molecule has 0 fully saturated rings. The predicted octanol–water partition coefficient (Wildman–Crippen LogP) is 3.30. The van der Waals surface area contributed by atoms with Crippen molar-refractivity contribution in [3.8, 4) is 11.4 Å². The maximum Gasteiger partial charge on any atom is 0.152 e. The number of nitrogens with one attached hydrogen (secondary N) is 1. The standard InChI is InChI=1S/C18H21BrN6/c1-18(2,3)25-15-9-8-11(19)10-14(15)22-17(25)13-7-5-4-6-12(13)16(20)23-24-21/h4-10,24H,21H2,1-3H3,(H2,20,23). The van der Waals surface area contributed by atoms with Crippen molar-refractivity contribution in [2.45, 2.75) is 26.3 Å². The van der Waals surface area contributed by atoms with E-state index in [-0.39, 0.29) is 5.54 Å². The molecule has 0 unspecified atom stereocenters. The summed E-state index contributed by atoms with van der Waals surface area (Å²) in [5.74, 6) is 6.44. The highest BCUT2D eigenvalue weighted by atomic mass is 79.9. The van der Waals surface area contributed by atoms with Crippen LogP contribution in [0.3, 0.4) is 0 Å². The molecule has 7 heteroatoms. The van der Waals surface area contributed by atoms with Crippen molar-refractivity contribution in [2.24, 2.45) is 16.7 Å². The summed E-state index contributed by atoms with van der Waals surface area (Å²) in [6.07, 6.45) is 0. The number of amidine groups is 1. The van der Waals surface area contributed by atoms with E-state index < -0.39 is 0 Å². The van der Waals surface area contributed by atoms with Gasteiger partial charge < -0.3 is 10.3 Å². The average molecular weight is 401 g/mol. The van der Waals surface area contributed by atoms with Crippen LogP contribution < -0.4 is 17.1 Å². The fourth-order valence-electron chi connectivity index (χ4n) is 2.94. The fourth-order valence-corrected chi connectivity index (χ4v) is 3.29. The Labute approximate surface area is 155 Å². The number of halogens is 1. The molecule has 3 rings (SSSR count). The molecule has 0 amide bonds. The van der Waals surface area contributed by atoms with Crippen molar-refractivity contribution in [3.05, 3.63) is 52.5 Å². The first-order valence-corrected chi connectivity index (χ1v) is 8.69. The summed E-state index contributed by atoms with van der Waals surface area (Å²) >= 11 is 3.52. The number of aromatic nitrogens is 2. The van der Waals surface area contributed by atoms with E-state index in [9.17, 15) is 0 Å². The van der Waals surface area contributed by atoms with Crippen molar-refractivity contribution in [1.29, 1.82) is 0 Å². The third-order valence-electron chi connectivity index (χ3n) is 3.92. The zero-order valence-electron chi connectivity index (χ0n) is 14.4. The lowest BCUT2D eigenvalue weighted by molar-refractivity contribution is 0.413. The van der Waals surface area contributed by atoms with Gasteiger partial charge in [0.05, 0.1) is 11.0 Å². The molecule has 0 atom stereocenters. The molecule has 0 radical (unpaired) electrons. The minimum Gasteiger partial charge on any atom is -0.382 e. The van der Waals surface area contributed by atoms with E-state index in [1.54, 1.807) is 0 Å². The van der Waals surface area contributed by atoms with Gasteiger partial charge in [0.2, 0.25) is 0 Å². The van der Waals surface area contributed by atoms with Crippen LogP contribution in [0.2, 0.25) is 0 Å². The number of nitrogens with zero attached hydrogens (tertiary/aromatic N) is 3. The molecule has 130 valence electrons. The molecule has 0 aliphatic heterocycles. The summed E-state index contributed by atoms with van der Waals surface area (Å²) in [6, 6.07) is 13.9. The van der Waals surface area contributed by atoms with Gasteiger partial charge in [-0.2, -0.15) is 0 Å². The molecule has 0 aliphatic rings. The van der Waals surface area contributed by atoms with Crippen LogP contribution in [0, 0.1) is 0 Å². The second kappa shape index (κ2) is 6.50. The number of hydrazine groups is 1. The lowest BCUT2D eigenvalue weighted by atomic mass is 10.0. The van der Waals surface area contributed by atoms with Gasteiger partial charge in [-0.15, -0.1) is 5.10 Å². The highest BCUT2D eigenvalue weighted by molar-refractivity contribution is 9.10. The van der Waals surface area contributed by atoms with Crippen LogP contribution >= 0.6 is 15.9 Å². The smallest absolute Gasteiger partial charge is 0.152 e. The van der Waals surface area contributed by atoms with Gasteiger partial charge in [-0.25, -0.2) is 16.4 Å². The largest absolute Gasteiger partial charge is 0.382 e. The van der Waals surface area contributed by atoms with Crippen molar-refractivity contribution < 1.29 is 0 Å². The molecule has 25 heavy (non-hydrogen) atoms. The number of rotatable bonds is 3. The minimum absolute atomic E-state index is 0.164. The highest BCUT2D eigenvalue weighted by Gasteiger charge is 2.24. The molecule has 3 aromatic rings. The molecule has 0 saturated heterocycles. The Morgan fingerprint density at radius 3 is 2.60 bits per heavy atom. The number of nitrogens with two attached hydrogens (primary N) is 2. The van der Waals surface area contributed by atoms with E-state index in [0.717, 1.165) is 32.5 Å². The molecule has 5 N–H and O–H groups in total. The molecule has 1 heterocycles. The quantitative estimate of drug-likeness (QED) is 0.272. The number of hydrogen-bond donors (Lipinski definition) is 3. The van der Waals surface area contributed by atoms with Crippen LogP contribution in [0.4, 0.5) is 0 Å². The Hall–Kier alpha value is -2.38. The van der Waals surface area contributed by atoms with Gasteiger partial charge in [-0.05, 0) is 39.0 Å². The Morgan fingerprint density at radius 1 is 1.20 bits per heavy atom. The van der Waals surface area contributed by atoms with E-state index in [1.165, 1.54) is 0 Å². The lowest BCUT2D eigenvalue weighted by Crippen LogP contribution is -2.25. The summed E-state index contributed by atoms with van der Waals surface area (Å²) in [4.78, 5) is 4.88. The molecule has 2 aromatic carbocycles. The van der Waals surface area contributed by atoms with E-state index >= 15 is 0 Å². The molecule has 0 bridgehead atoms. The Balaban J connectivity index is 2.36. The first-order valence-electron chi connectivity index (χ1n) is 7.90. The predicted molar refractivity (Wildman–Crippen MR) is 106 cm³/mol. The summed E-state index contributed by atoms with van der Waals surface area (Å²) in [7, 11) is 0. The van der Waals surface area contributed by atoms with Gasteiger partial charge in [0.25, 0.3) is 0 Å². The van der Waals surface area contributed by atoms with E-state index in [1.807, 2.05) is 36.4 Å². The van der Waals surface area contributed by atoms with Crippen LogP contribution in [0.1, 0.15) is 26.3 Å². The normalized spacial score (nSPS) is 12.6. The molecule has 0 spiro atoms. The maximum absolute atomic E-state index is 6.08.